The van der Waals surface area contributed by atoms with Crippen LogP contribution < -0.4 is 4.74 Å². The molecular weight excluding hydrogens is 270 g/mol. The van der Waals surface area contributed by atoms with Crippen molar-refractivity contribution in [3.05, 3.63) is 66.5 Å². The van der Waals surface area contributed by atoms with Crippen LogP contribution in [0.15, 0.2) is 60.9 Å². The number of hydrogen-bond acceptors (Lipinski definition) is 4. The molecule has 0 atom stereocenters. The highest BCUT2D eigenvalue weighted by Crippen LogP contribution is 2.26. The summed E-state index contributed by atoms with van der Waals surface area (Å²) in [7, 11) is 0. The molecule has 0 unspecified atom stereocenters. The molecule has 3 rings (SSSR count). The third kappa shape index (κ3) is 2.59. The molecule has 0 aliphatic rings. The highest BCUT2D eigenvalue weighted by Gasteiger charge is 2.20. The van der Waals surface area contributed by atoms with Crippen molar-refractivity contribution in [2.24, 2.45) is 0 Å². The van der Waals surface area contributed by atoms with E-state index in [-0.39, 0.29) is 11.4 Å². The number of rotatable bonds is 4. The Morgan fingerprint density at radius 3 is 2.52 bits per heavy atom. The van der Waals surface area contributed by atoms with Crippen molar-refractivity contribution >= 4 is 5.97 Å². The van der Waals surface area contributed by atoms with Crippen molar-refractivity contribution in [1.82, 2.24) is 14.8 Å². The minimum atomic E-state index is -1.11. The van der Waals surface area contributed by atoms with Gasteiger partial charge >= 0.3 is 5.97 Å². The quantitative estimate of drug-likeness (QED) is 0.795. The third-order valence-corrected chi connectivity index (χ3v) is 2.80. The molecule has 0 radical (unpaired) electrons. The monoisotopic (exact) mass is 281 g/mol. The second-order valence-electron chi connectivity index (χ2n) is 4.19. The molecule has 0 saturated heterocycles. The van der Waals surface area contributed by atoms with Crippen molar-refractivity contribution in [2.45, 2.75) is 0 Å². The second kappa shape index (κ2) is 5.46. The minimum absolute atomic E-state index is 0.0236. The summed E-state index contributed by atoms with van der Waals surface area (Å²) >= 11 is 0. The number of aromatic nitrogens is 3. The lowest BCUT2D eigenvalue weighted by Gasteiger charge is -2.09. The van der Waals surface area contributed by atoms with Crippen LogP contribution >= 0.6 is 0 Å². The van der Waals surface area contributed by atoms with Gasteiger partial charge in [-0.2, -0.15) is 9.78 Å². The van der Waals surface area contributed by atoms with Crippen molar-refractivity contribution in [3.63, 3.8) is 0 Å². The number of nitrogens with zero attached hydrogens (tertiary/aromatic N) is 3. The molecule has 104 valence electrons. The zero-order valence-corrected chi connectivity index (χ0v) is 10.9. The zero-order chi connectivity index (χ0) is 14.7. The van der Waals surface area contributed by atoms with Crippen LogP contribution in [0.25, 0.3) is 5.69 Å². The fraction of sp³-hybridized carbons (Fsp3) is 0. The van der Waals surface area contributed by atoms with Gasteiger partial charge in [0.2, 0.25) is 11.8 Å². The Bertz CT molecular complexity index is 754. The Kier molecular flexibility index (Phi) is 3.34. The summed E-state index contributed by atoms with van der Waals surface area (Å²) in [6, 6.07) is 14.3. The smallest absolute Gasteiger partial charge is 0.342 e. The van der Waals surface area contributed by atoms with Crippen LogP contribution in [-0.2, 0) is 0 Å². The number of carboxylic acid groups (broad SMARTS) is 1. The van der Waals surface area contributed by atoms with E-state index in [0.29, 0.717) is 11.6 Å². The summed E-state index contributed by atoms with van der Waals surface area (Å²) in [5, 5.41) is 13.3. The summed E-state index contributed by atoms with van der Waals surface area (Å²) in [5.41, 5.74) is 0.681. The van der Waals surface area contributed by atoms with Gasteiger partial charge in [0, 0.05) is 12.3 Å². The lowest BCUT2D eigenvalue weighted by Crippen LogP contribution is -2.03. The minimum Gasteiger partial charge on any atom is -0.477 e. The molecule has 1 N–H and O–H groups in total. The fourth-order valence-corrected chi connectivity index (χ4v) is 1.84. The number of pyridine rings is 1. The first-order chi connectivity index (χ1) is 10.3. The maximum atomic E-state index is 11.3. The molecule has 3 aromatic rings. The first kappa shape index (κ1) is 12.9. The van der Waals surface area contributed by atoms with Gasteiger partial charge in [-0.05, 0) is 18.2 Å². The number of carbonyl (C=O) groups is 1. The molecule has 1 aromatic carbocycles. The van der Waals surface area contributed by atoms with E-state index in [0.717, 1.165) is 0 Å². The van der Waals surface area contributed by atoms with Gasteiger partial charge in [0.05, 0.1) is 11.9 Å². The third-order valence-electron chi connectivity index (χ3n) is 2.80. The Balaban J connectivity index is 2.08. The van der Waals surface area contributed by atoms with Crippen LogP contribution in [0.3, 0.4) is 0 Å². The van der Waals surface area contributed by atoms with E-state index in [2.05, 4.69) is 10.1 Å². The molecular formula is C15H11N3O3. The van der Waals surface area contributed by atoms with Gasteiger partial charge in [-0.15, -0.1) is 0 Å². The molecule has 6 nitrogen and oxygen atoms in total. The number of para-hydroxylation sites is 1. The zero-order valence-electron chi connectivity index (χ0n) is 10.9. The van der Waals surface area contributed by atoms with Crippen LogP contribution in [0, 0.1) is 0 Å². The summed E-state index contributed by atoms with van der Waals surface area (Å²) in [5.74, 6) is -0.687. The Labute approximate surface area is 120 Å². The molecule has 0 fully saturated rings. The van der Waals surface area contributed by atoms with Crippen LogP contribution in [0.2, 0.25) is 0 Å². The maximum Gasteiger partial charge on any atom is 0.342 e. The molecule has 0 amide bonds. The van der Waals surface area contributed by atoms with Crippen molar-refractivity contribution in [1.29, 1.82) is 0 Å². The number of aromatic carboxylic acids is 1. The van der Waals surface area contributed by atoms with E-state index in [9.17, 15) is 9.90 Å². The van der Waals surface area contributed by atoms with E-state index in [4.69, 9.17) is 4.74 Å². The molecule has 0 saturated carbocycles. The van der Waals surface area contributed by atoms with Gasteiger partial charge in [0.1, 0.15) is 5.56 Å². The van der Waals surface area contributed by atoms with Gasteiger partial charge in [0.15, 0.2) is 0 Å². The first-order valence-electron chi connectivity index (χ1n) is 6.21. The van der Waals surface area contributed by atoms with E-state index in [1.165, 1.54) is 10.9 Å². The number of ether oxygens (including phenoxy) is 1. The molecule has 6 heteroatoms. The number of hydrogen-bond donors (Lipinski definition) is 1. The Hall–Kier alpha value is -3.15. The van der Waals surface area contributed by atoms with E-state index in [1.807, 2.05) is 30.3 Å². The highest BCUT2D eigenvalue weighted by molar-refractivity contribution is 5.90. The van der Waals surface area contributed by atoms with Crippen molar-refractivity contribution in [3.8, 4) is 17.4 Å². The average molecular weight is 281 g/mol. The average Bonchev–Trinajstić information content (AvgIpc) is 2.93. The van der Waals surface area contributed by atoms with Gasteiger partial charge in [0.25, 0.3) is 0 Å². The SMILES string of the molecule is O=C(O)c1cnn(-c2ccccc2)c1Oc1ccccn1. The molecule has 2 aromatic heterocycles. The molecule has 0 bridgehead atoms. The van der Waals surface area contributed by atoms with Crippen LogP contribution in [0.5, 0.6) is 11.8 Å². The maximum absolute atomic E-state index is 11.3. The first-order valence-corrected chi connectivity index (χ1v) is 6.21. The largest absolute Gasteiger partial charge is 0.477 e. The number of benzene rings is 1. The predicted octanol–water partition coefficient (Wildman–Crippen LogP) is 2.76. The van der Waals surface area contributed by atoms with E-state index >= 15 is 0 Å². The molecule has 21 heavy (non-hydrogen) atoms. The van der Waals surface area contributed by atoms with Crippen molar-refractivity contribution < 1.29 is 14.6 Å². The topological polar surface area (TPSA) is 77.2 Å². The Morgan fingerprint density at radius 2 is 1.86 bits per heavy atom. The normalized spacial score (nSPS) is 10.3. The number of carboxylic acids is 1. The summed E-state index contributed by atoms with van der Waals surface area (Å²) in [4.78, 5) is 15.3. The lowest BCUT2D eigenvalue weighted by atomic mass is 10.3. The van der Waals surface area contributed by atoms with Crippen LogP contribution in [-0.4, -0.2) is 25.8 Å². The van der Waals surface area contributed by atoms with Crippen LogP contribution in [0.1, 0.15) is 10.4 Å². The van der Waals surface area contributed by atoms with Gasteiger partial charge in [-0.25, -0.2) is 9.78 Å². The standard InChI is InChI=1S/C15H11N3O3/c19-15(20)12-10-17-18(11-6-2-1-3-7-11)14(12)21-13-8-4-5-9-16-13/h1-10H,(H,19,20). The lowest BCUT2D eigenvalue weighted by molar-refractivity contribution is 0.0694. The van der Waals surface area contributed by atoms with Gasteiger partial charge < -0.3 is 9.84 Å². The van der Waals surface area contributed by atoms with Gasteiger partial charge in [-0.1, -0.05) is 24.3 Å². The molecule has 0 spiro atoms. The van der Waals surface area contributed by atoms with Crippen LogP contribution in [0.4, 0.5) is 0 Å². The summed E-state index contributed by atoms with van der Waals surface area (Å²) < 4.78 is 7.03. The van der Waals surface area contributed by atoms with Crippen molar-refractivity contribution in [2.75, 3.05) is 0 Å². The Morgan fingerprint density at radius 1 is 1.10 bits per heavy atom. The molecule has 2 heterocycles. The molecule has 0 aliphatic carbocycles. The van der Waals surface area contributed by atoms with E-state index < -0.39 is 5.97 Å². The fourth-order valence-electron chi connectivity index (χ4n) is 1.84. The predicted molar refractivity (Wildman–Crippen MR) is 74.8 cm³/mol. The summed E-state index contributed by atoms with van der Waals surface area (Å²) in [6.45, 7) is 0. The van der Waals surface area contributed by atoms with Gasteiger partial charge in [-0.3, -0.25) is 0 Å². The second-order valence-corrected chi connectivity index (χ2v) is 4.19. The highest BCUT2D eigenvalue weighted by atomic mass is 16.5. The summed E-state index contributed by atoms with van der Waals surface area (Å²) in [6.07, 6.45) is 2.83. The molecule has 0 aliphatic heterocycles. The van der Waals surface area contributed by atoms with E-state index in [1.54, 1.807) is 24.4 Å².